The van der Waals surface area contributed by atoms with Gasteiger partial charge in [-0.1, -0.05) is 0 Å². The summed E-state index contributed by atoms with van der Waals surface area (Å²) in [5.74, 6) is 0.508. The van der Waals surface area contributed by atoms with Crippen LogP contribution in [0.1, 0.15) is 23.3 Å². The second kappa shape index (κ2) is 5.77. The molecule has 0 aromatic carbocycles. The van der Waals surface area contributed by atoms with Crippen molar-refractivity contribution in [3.8, 4) is 0 Å². The van der Waals surface area contributed by atoms with E-state index in [0.29, 0.717) is 13.2 Å². The second-order valence-corrected chi connectivity index (χ2v) is 4.55. The van der Waals surface area contributed by atoms with E-state index in [2.05, 4.69) is 10.2 Å². The number of hydrogen-bond donors (Lipinski definition) is 1. The van der Waals surface area contributed by atoms with Crippen LogP contribution in [0.25, 0.3) is 0 Å². The van der Waals surface area contributed by atoms with Crippen LogP contribution in [0, 0.1) is 5.92 Å². The number of rotatable bonds is 6. The van der Waals surface area contributed by atoms with Crippen molar-refractivity contribution < 1.29 is 9.53 Å². The quantitative estimate of drug-likeness (QED) is 0.736. The molecule has 6 heteroatoms. The molecule has 0 radical (unpaired) electrons. The van der Waals surface area contributed by atoms with Gasteiger partial charge in [0.15, 0.2) is 0 Å². The lowest BCUT2D eigenvalue weighted by molar-refractivity contribution is 0.0675. The van der Waals surface area contributed by atoms with Crippen molar-refractivity contribution in [3.63, 3.8) is 0 Å². The lowest BCUT2D eigenvalue weighted by atomic mass is 10.3. The molecule has 1 fully saturated rings. The summed E-state index contributed by atoms with van der Waals surface area (Å²) in [6, 6.07) is 2.71. The molecule has 98 valence electrons. The third kappa shape index (κ3) is 3.66. The molecule has 0 aliphatic heterocycles. The van der Waals surface area contributed by atoms with Gasteiger partial charge in [0.2, 0.25) is 0 Å². The first kappa shape index (κ1) is 12.8. The Labute approximate surface area is 105 Å². The molecule has 6 nitrogen and oxygen atoms in total. The number of nitrogens with zero attached hydrogens (tertiary/aromatic N) is 2. The fourth-order valence-corrected chi connectivity index (χ4v) is 1.50. The fraction of sp³-hybridized carbons (Fsp3) is 0.583. The molecule has 1 N–H and O–H groups in total. The highest BCUT2D eigenvalue weighted by molar-refractivity contribution is 5.91. The van der Waals surface area contributed by atoms with Gasteiger partial charge in [-0.25, -0.2) is 5.10 Å². The van der Waals surface area contributed by atoms with Gasteiger partial charge in [0.25, 0.3) is 11.5 Å². The van der Waals surface area contributed by atoms with Crippen LogP contribution in [-0.4, -0.2) is 47.8 Å². The summed E-state index contributed by atoms with van der Waals surface area (Å²) in [5.41, 5.74) is -0.0822. The Kier molecular flexibility index (Phi) is 4.09. The fourth-order valence-electron chi connectivity index (χ4n) is 1.50. The first-order valence-corrected chi connectivity index (χ1v) is 6.06. The van der Waals surface area contributed by atoms with E-state index in [0.717, 1.165) is 12.5 Å². The first-order valence-electron chi connectivity index (χ1n) is 6.06. The molecule has 2 rings (SSSR count). The first-order chi connectivity index (χ1) is 8.66. The van der Waals surface area contributed by atoms with Crippen LogP contribution in [-0.2, 0) is 4.74 Å². The Morgan fingerprint density at radius 2 is 2.33 bits per heavy atom. The SMILES string of the molecule is CN(CCOCC1CC1)C(=O)c1ccc(=O)[nH]n1. The lowest BCUT2D eigenvalue weighted by Gasteiger charge is -2.16. The monoisotopic (exact) mass is 251 g/mol. The lowest BCUT2D eigenvalue weighted by Crippen LogP contribution is -2.31. The number of H-pyrrole nitrogens is 1. The average molecular weight is 251 g/mol. The van der Waals surface area contributed by atoms with Crippen molar-refractivity contribution in [2.45, 2.75) is 12.8 Å². The Bertz CT molecular complexity index is 447. The van der Waals surface area contributed by atoms with Crippen LogP contribution in [0.2, 0.25) is 0 Å². The van der Waals surface area contributed by atoms with Gasteiger partial charge in [-0.3, -0.25) is 9.59 Å². The minimum Gasteiger partial charge on any atom is -0.379 e. The van der Waals surface area contributed by atoms with Crippen molar-refractivity contribution in [1.82, 2.24) is 15.1 Å². The maximum Gasteiger partial charge on any atom is 0.274 e. The van der Waals surface area contributed by atoms with E-state index < -0.39 is 0 Å². The van der Waals surface area contributed by atoms with Gasteiger partial charge in [0.05, 0.1) is 6.61 Å². The number of aromatic nitrogens is 2. The number of ether oxygens (including phenoxy) is 1. The van der Waals surface area contributed by atoms with Crippen molar-refractivity contribution in [3.05, 3.63) is 28.2 Å². The molecule has 0 bridgehead atoms. The number of carbonyl (C=O) groups excluding carboxylic acids is 1. The van der Waals surface area contributed by atoms with Crippen LogP contribution in [0.4, 0.5) is 0 Å². The highest BCUT2D eigenvalue weighted by Gasteiger charge is 2.21. The van der Waals surface area contributed by atoms with Crippen LogP contribution in [0.3, 0.4) is 0 Å². The standard InChI is InChI=1S/C12H17N3O3/c1-15(6-7-18-8-9-2-3-9)12(17)10-4-5-11(16)14-13-10/h4-5,9H,2-3,6-8H2,1H3,(H,14,16). The zero-order chi connectivity index (χ0) is 13.0. The highest BCUT2D eigenvalue weighted by Crippen LogP contribution is 2.28. The second-order valence-electron chi connectivity index (χ2n) is 4.55. The molecule has 1 heterocycles. The summed E-state index contributed by atoms with van der Waals surface area (Å²) in [6.45, 7) is 1.84. The van der Waals surface area contributed by atoms with Crippen molar-refractivity contribution in [2.24, 2.45) is 5.92 Å². The maximum atomic E-state index is 11.9. The Morgan fingerprint density at radius 1 is 1.56 bits per heavy atom. The largest absolute Gasteiger partial charge is 0.379 e. The van der Waals surface area contributed by atoms with Crippen LogP contribution in [0.15, 0.2) is 16.9 Å². The molecule has 0 saturated heterocycles. The summed E-state index contributed by atoms with van der Waals surface area (Å²) in [4.78, 5) is 24.2. The summed E-state index contributed by atoms with van der Waals surface area (Å²) in [6.07, 6.45) is 2.52. The Balaban J connectivity index is 1.76. The molecule has 0 atom stereocenters. The van der Waals surface area contributed by atoms with E-state index in [1.165, 1.54) is 29.9 Å². The number of aromatic amines is 1. The number of amides is 1. The van der Waals surface area contributed by atoms with Gasteiger partial charge >= 0.3 is 0 Å². The van der Waals surface area contributed by atoms with E-state index in [1.54, 1.807) is 7.05 Å². The van der Waals surface area contributed by atoms with E-state index in [4.69, 9.17) is 4.74 Å². The van der Waals surface area contributed by atoms with Crippen LogP contribution in [0.5, 0.6) is 0 Å². The zero-order valence-electron chi connectivity index (χ0n) is 10.4. The number of carbonyl (C=O) groups is 1. The molecule has 1 saturated carbocycles. The van der Waals surface area contributed by atoms with Crippen LogP contribution < -0.4 is 5.56 Å². The van der Waals surface area contributed by atoms with Crippen LogP contribution >= 0.6 is 0 Å². The van der Waals surface area contributed by atoms with E-state index >= 15 is 0 Å². The minimum absolute atomic E-state index is 0.221. The van der Waals surface area contributed by atoms with Gasteiger partial charge in [0.1, 0.15) is 5.69 Å². The number of hydrogen-bond acceptors (Lipinski definition) is 4. The summed E-state index contributed by atoms with van der Waals surface area (Å²) < 4.78 is 5.46. The van der Waals surface area contributed by atoms with Gasteiger partial charge < -0.3 is 9.64 Å². The topological polar surface area (TPSA) is 75.3 Å². The zero-order valence-corrected chi connectivity index (χ0v) is 10.4. The Hall–Kier alpha value is -1.69. The number of likely N-dealkylation sites (N-methyl/N-ethyl adjacent to an activating group) is 1. The van der Waals surface area contributed by atoms with E-state index in [1.807, 2.05) is 0 Å². The molecule has 1 aliphatic rings. The molecule has 1 aromatic heterocycles. The van der Waals surface area contributed by atoms with Crippen molar-refractivity contribution >= 4 is 5.91 Å². The highest BCUT2D eigenvalue weighted by atomic mass is 16.5. The Morgan fingerprint density at radius 3 is 2.94 bits per heavy atom. The third-order valence-corrected chi connectivity index (χ3v) is 2.87. The maximum absolute atomic E-state index is 11.9. The smallest absolute Gasteiger partial charge is 0.274 e. The predicted molar refractivity (Wildman–Crippen MR) is 65.4 cm³/mol. The summed E-state index contributed by atoms with van der Waals surface area (Å²) >= 11 is 0. The van der Waals surface area contributed by atoms with Gasteiger partial charge in [-0.15, -0.1) is 0 Å². The molecule has 18 heavy (non-hydrogen) atoms. The van der Waals surface area contributed by atoms with Crippen molar-refractivity contribution in [1.29, 1.82) is 0 Å². The molecule has 1 aliphatic carbocycles. The predicted octanol–water partition coefficient (Wildman–Crippen LogP) is 0.269. The average Bonchev–Trinajstić information content (AvgIpc) is 3.18. The third-order valence-electron chi connectivity index (χ3n) is 2.87. The van der Waals surface area contributed by atoms with Gasteiger partial charge in [0, 0.05) is 26.3 Å². The summed E-state index contributed by atoms with van der Waals surface area (Å²) in [5, 5.41) is 5.94. The molecular weight excluding hydrogens is 234 g/mol. The van der Waals surface area contributed by atoms with Gasteiger partial charge in [-0.2, -0.15) is 5.10 Å². The molecule has 0 unspecified atom stereocenters. The molecular formula is C12H17N3O3. The van der Waals surface area contributed by atoms with E-state index in [9.17, 15) is 9.59 Å². The molecule has 1 amide bonds. The van der Waals surface area contributed by atoms with Gasteiger partial charge in [-0.05, 0) is 24.8 Å². The summed E-state index contributed by atoms with van der Waals surface area (Å²) in [7, 11) is 1.69. The number of nitrogens with one attached hydrogen (secondary N) is 1. The van der Waals surface area contributed by atoms with Crippen molar-refractivity contribution in [2.75, 3.05) is 26.8 Å². The van der Waals surface area contributed by atoms with E-state index in [-0.39, 0.29) is 17.2 Å². The molecule has 0 spiro atoms. The normalized spacial score (nSPS) is 14.5. The minimum atomic E-state index is -0.318. The molecule has 1 aromatic rings.